The Morgan fingerprint density at radius 3 is 2.45 bits per heavy atom. The predicted molar refractivity (Wildman–Crippen MR) is 137 cm³/mol. The van der Waals surface area contributed by atoms with Crippen molar-refractivity contribution in [2.24, 2.45) is 4.99 Å². The second-order valence-electron chi connectivity index (χ2n) is 7.52. The molecule has 0 atom stereocenters. The molecule has 33 heavy (non-hydrogen) atoms. The van der Waals surface area contributed by atoms with Gasteiger partial charge in [-0.2, -0.15) is 0 Å². The number of nitrogens with one attached hydrogen (secondary N) is 2. The third-order valence-electron chi connectivity index (χ3n) is 5.37. The number of amides is 2. The number of fused-ring (bicyclic) bond motifs is 1. The van der Waals surface area contributed by atoms with E-state index in [1.165, 1.54) is 5.56 Å². The lowest BCUT2D eigenvalue weighted by Gasteiger charge is -2.20. The number of hydrogen-bond donors (Lipinski definition) is 2. The zero-order valence-corrected chi connectivity index (χ0v) is 20.6. The van der Waals surface area contributed by atoms with Crippen LogP contribution >= 0.6 is 27.5 Å². The highest BCUT2D eigenvalue weighted by atomic mass is 79.9. The zero-order chi connectivity index (χ0) is 23.4. The Morgan fingerprint density at radius 1 is 1.03 bits per heavy atom. The molecule has 1 aliphatic heterocycles. The van der Waals surface area contributed by atoms with Crippen LogP contribution in [-0.2, 0) is 12.8 Å². The number of ether oxygens (including phenoxy) is 2. The third-order valence-corrected chi connectivity index (χ3v) is 6.17. The van der Waals surface area contributed by atoms with Crippen molar-refractivity contribution in [3.63, 3.8) is 0 Å². The van der Waals surface area contributed by atoms with Gasteiger partial charge < -0.3 is 20.1 Å². The molecule has 0 aliphatic carbocycles. The minimum Gasteiger partial charge on any atom is -0.493 e. The first-order valence-corrected chi connectivity index (χ1v) is 11.5. The van der Waals surface area contributed by atoms with Gasteiger partial charge in [-0.05, 0) is 60.0 Å². The van der Waals surface area contributed by atoms with Gasteiger partial charge in [-0.15, -0.1) is 0 Å². The van der Waals surface area contributed by atoms with Crippen LogP contribution in [0, 0.1) is 0 Å². The molecule has 0 aromatic heterocycles. The summed E-state index contributed by atoms with van der Waals surface area (Å²) in [5.41, 5.74) is 5.63. The summed E-state index contributed by atoms with van der Waals surface area (Å²) in [6, 6.07) is 16.7. The average Bonchev–Trinajstić information content (AvgIpc) is 2.81. The summed E-state index contributed by atoms with van der Waals surface area (Å²) in [6.45, 7) is 0.746. The highest BCUT2D eigenvalue weighted by Gasteiger charge is 2.19. The summed E-state index contributed by atoms with van der Waals surface area (Å²) in [7, 11) is 3.28. The molecule has 8 heteroatoms. The normalized spacial score (nSPS) is 12.4. The molecule has 6 nitrogen and oxygen atoms in total. The van der Waals surface area contributed by atoms with Crippen molar-refractivity contribution < 1.29 is 14.3 Å². The highest BCUT2D eigenvalue weighted by molar-refractivity contribution is 9.10. The van der Waals surface area contributed by atoms with E-state index in [0.717, 1.165) is 40.0 Å². The van der Waals surface area contributed by atoms with Crippen molar-refractivity contribution in [3.05, 3.63) is 80.8 Å². The molecule has 0 saturated carbocycles. The van der Waals surface area contributed by atoms with Crippen LogP contribution in [0.2, 0.25) is 5.02 Å². The van der Waals surface area contributed by atoms with Crippen molar-refractivity contribution in [1.29, 1.82) is 0 Å². The Balaban J connectivity index is 1.43. The molecule has 1 heterocycles. The van der Waals surface area contributed by atoms with Crippen LogP contribution in [0.3, 0.4) is 0 Å². The van der Waals surface area contributed by atoms with Gasteiger partial charge in [0.05, 0.1) is 24.9 Å². The quantitative estimate of drug-likeness (QED) is 0.391. The molecule has 4 rings (SSSR count). The smallest absolute Gasteiger partial charge is 0.323 e. The van der Waals surface area contributed by atoms with E-state index in [4.69, 9.17) is 26.1 Å². The Labute approximate surface area is 206 Å². The maximum Gasteiger partial charge on any atom is 0.323 e. The summed E-state index contributed by atoms with van der Waals surface area (Å²) in [6.07, 6.45) is 1.56. The summed E-state index contributed by atoms with van der Waals surface area (Å²) in [5.74, 6) is 1.43. The molecule has 0 saturated heterocycles. The molecular formula is C25H23BrClN3O3. The van der Waals surface area contributed by atoms with Gasteiger partial charge in [-0.1, -0.05) is 39.7 Å². The van der Waals surface area contributed by atoms with E-state index in [1.807, 2.05) is 42.5 Å². The summed E-state index contributed by atoms with van der Waals surface area (Å²) >= 11 is 9.51. The monoisotopic (exact) mass is 527 g/mol. The minimum atomic E-state index is -0.362. The van der Waals surface area contributed by atoms with Crippen molar-refractivity contribution in [3.8, 4) is 11.5 Å². The topological polar surface area (TPSA) is 72.0 Å². The first-order chi connectivity index (χ1) is 16.0. The van der Waals surface area contributed by atoms with Crippen LogP contribution < -0.4 is 20.1 Å². The van der Waals surface area contributed by atoms with E-state index in [1.54, 1.807) is 26.4 Å². The molecule has 0 unspecified atom stereocenters. The number of rotatable bonds is 6. The SMILES string of the molecule is COc1cc2c(cc1OC)C(Cc1ccc(NC(=O)Nc3ccc(Br)cc3Cl)cc1)=NCC2. The van der Waals surface area contributed by atoms with Crippen molar-refractivity contribution in [1.82, 2.24) is 0 Å². The standard InChI is InChI=1S/C25H23BrClN3O3/c1-32-23-12-16-9-10-28-22(19(16)14-24(23)33-2)11-15-3-6-18(7-4-15)29-25(31)30-21-8-5-17(26)13-20(21)27/h3-8,12-14H,9-11H2,1-2H3,(H2,29,30,31). The van der Waals surface area contributed by atoms with Crippen LogP contribution in [-0.4, -0.2) is 32.5 Å². The summed E-state index contributed by atoms with van der Waals surface area (Å²) < 4.78 is 11.8. The molecular weight excluding hydrogens is 506 g/mol. The predicted octanol–water partition coefficient (Wildman–Crippen LogP) is 6.35. The number of carbonyl (C=O) groups is 1. The van der Waals surface area contributed by atoms with Gasteiger partial charge in [0.2, 0.25) is 0 Å². The molecule has 1 aliphatic rings. The van der Waals surface area contributed by atoms with Gasteiger partial charge in [0.15, 0.2) is 11.5 Å². The maximum atomic E-state index is 12.3. The molecule has 170 valence electrons. The molecule has 2 N–H and O–H groups in total. The molecule has 0 fully saturated rings. The van der Waals surface area contributed by atoms with Gasteiger partial charge in [-0.25, -0.2) is 4.79 Å². The Morgan fingerprint density at radius 2 is 1.76 bits per heavy atom. The van der Waals surface area contributed by atoms with Crippen molar-refractivity contribution in [2.75, 3.05) is 31.4 Å². The third kappa shape index (κ3) is 5.49. The fourth-order valence-electron chi connectivity index (χ4n) is 3.72. The van der Waals surface area contributed by atoms with Crippen LogP contribution in [0.1, 0.15) is 16.7 Å². The van der Waals surface area contributed by atoms with E-state index in [2.05, 4.69) is 26.6 Å². The summed E-state index contributed by atoms with van der Waals surface area (Å²) in [4.78, 5) is 17.1. The lowest BCUT2D eigenvalue weighted by atomic mass is 9.93. The number of urea groups is 1. The molecule has 0 spiro atoms. The summed E-state index contributed by atoms with van der Waals surface area (Å²) in [5, 5.41) is 6.03. The van der Waals surface area contributed by atoms with E-state index < -0.39 is 0 Å². The van der Waals surface area contributed by atoms with E-state index in [9.17, 15) is 4.79 Å². The molecule has 0 radical (unpaired) electrons. The van der Waals surface area contributed by atoms with Gasteiger partial charge in [0, 0.05) is 34.4 Å². The number of halogens is 2. The Hall–Kier alpha value is -3.03. The highest BCUT2D eigenvalue weighted by Crippen LogP contribution is 2.33. The van der Waals surface area contributed by atoms with Crippen LogP contribution in [0.5, 0.6) is 11.5 Å². The number of methoxy groups -OCH3 is 2. The lowest BCUT2D eigenvalue weighted by molar-refractivity contribution is 0.262. The van der Waals surface area contributed by atoms with Crippen molar-refractivity contribution >= 4 is 50.6 Å². The number of aliphatic imine (C=N–C) groups is 1. The zero-order valence-electron chi connectivity index (χ0n) is 18.2. The first-order valence-electron chi connectivity index (χ1n) is 10.4. The van der Waals surface area contributed by atoms with Gasteiger partial charge >= 0.3 is 6.03 Å². The fourth-order valence-corrected chi connectivity index (χ4v) is 4.44. The van der Waals surface area contributed by atoms with Gasteiger partial charge in [-0.3, -0.25) is 4.99 Å². The van der Waals surface area contributed by atoms with E-state index in [0.29, 0.717) is 28.6 Å². The van der Waals surface area contributed by atoms with Gasteiger partial charge in [0.1, 0.15) is 0 Å². The Bertz CT molecular complexity index is 1210. The molecule has 3 aromatic rings. The molecule has 0 bridgehead atoms. The molecule has 2 amide bonds. The minimum absolute atomic E-state index is 0.362. The van der Waals surface area contributed by atoms with Crippen LogP contribution in [0.4, 0.5) is 16.2 Å². The van der Waals surface area contributed by atoms with Crippen LogP contribution in [0.15, 0.2) is 64.1 Å². The van der Waals surface area contributed by atoms with E-state index >= 15 is 0 Å². The number of benzene rings is 3. The maximum absolute atomic E-state index is 12.3. The van der Waals surface area contributed by atoms with Crippen molar-refractivity contribution in [2.45, 2.75) is 12.8 Å². The largest absolute Gasteiger partial charge is 0.493 e. The lowest BCUT2D eigenvalue weighted by Crippen LogP contribution is -2.19. The van der Waals surface area contributed by atoms with E-state index in [-0.39, 0.29) is 6.03 Å². The number of carbonyl (C=O) groups excluding carboxylic acids is 1. The Kier molecular flexibility index (Phi) is 7.20. The van der Waals surface area contributed by atoms with Crippen LogP contribution in [0.25, 0.3) is 0 Å². The first kappa shape index (κ1) is 23.1. The number of hydrogen-bond acceptors (Lipinski definition) is 4. The second-order valence-corrected chi connectivity index (χ2v) is 8.84. The number of anilines is 2. The number of nitrogens with zero attached hydrogens (tertiary/aromatic N) is 1. The molecule has 3 aromatic carbocycles. The second kappa shape index (κ2) is 10.3. The average molecular weight is 529 g/mol. The fraction of sp³-hybridized carbons (Fsp3) is 0.200. The van der Waals surface area contributed by atoms with Gasteiger partial charge in [0.25, 0.3) is 0 Å².